The third-order valence-electron chi connectivity index (χ3n) is 13.9. The molecule has 0 atom stereocenters. The number of benzene rings is 12. The Labute approximate surface area is 429 Å². The van der Waals surface area contributed by atoms with Gasteiger partial charge in [0.15, 0.2) is 0 Å². The molecular formula is C72H51N. The van der Waals surface area contributed by atoms with E-state index in [-0.39, 0.29) is 0 Å². The van der Waals surface area contributed by atoms with Crippen LogP contribution in [-0.4, -0.2) is 0 Å². The quantitative estimate of drug-likeness (QED) is 0.118. The summed E-state index contributed by atoms with van der Waals surface area (Å²) in [6, 6.07) is 112. The molecule has 1 heteroatoms. The summed E-state index contributed by atoms with van der Waals surface area (Å²) in [6.07, 6.45) is 0. The number of anilines is 3. The van der Waals surface area contributed by atoms with Crippen molar-refractivity contribution in [3.8, 4) is 100 Å². The van der Waals surface area contributed by atoms with Gasteiger partial charge in [-0.1, -0.05) is 273 Å². The minimum absolute atomic E-state index is 1.05. The molecule has 0 unspecified atom stereocenters. The van der Waals surface area contributed by atoms with E-state index < -0.39 is 0 Å². The highest BCUT2D eigenvalue weighted by atomic mass is 15.1. The highest BCUT2D eigenvalue weighted by molar-refractivity contribution is 5.95. The highest BCUT2D eigenvalue weighted by Gasteiger charge is 2.21. The van der Waals surface area contributed by atoms with E-state index in [1.165, 1.54) is 66.8 Å². The maximum absolute atomic E-state index is 2.45. The lowest BCUT2D eigenvalue weighted by Crippen LogP contribution is -2.11. The SMILES string of the molecule is c1ccc(-c2ccc(-c3cc(N(c4ccc(-c5ccccc5)c(-c5ccc(-c6ccccc6)cc5)c4)c4ccc(-c5ccccc5)c(-c5ccc(-c6ccccc6)cc5)c4)ccc3-c3ccccc3)cc2)cc1. The van der Waals surface area contributed by atoms with Gasteiger partial charge in [-0.15, -0.1) is 0 Å². The molecule has 12 aromatic rings. The van der Waals surface area contributed by atoms with Gasteiger partial charge in [-0.3, -0.25) is 0 Å². The lowest BCUT2D eigenvalue weighted by molar-refractivity contribution is 1.28. The minimum atomic E-state index is 1.05. The lowest BCUT2D eigenvalue weighted by atomic mass is 9.90. The van der Waals surface area contributed by atoms with Crippen molar-refractivity contribution in [3.63, 3.8) is 0 Å². The summed E-state index contributed by atoms with van der Waals surface area (Å²) in [4.78, 5) is 2.45. The van der Waals surface area contributed by atoms with E-state index >= 15 is 0 Å². The zero-order chi connectivity index (χ0) is 48.8. The molecule has 0 aliphatic carbocycles. The molecule has 73 heavy (non-hydrogen) atoms. The Balaban J connectivity index is 1.07. The normalized spacial score (nSPS) is 11.0. The van der Waals surface area contributed by atoms with Crippen LogP contribution in [0.5, 0.6) is 0 Å². The van der Waals surface area contributed by atoms with E-state index in [0.717, 1.165) is 50.4 Å². The fourth-order valence-corrected chi connectivity index (χ4v) is 10.2. The van der Waals surface area contributed by atoms with Gasteiger partial charge in [0.05, 0.1) is 0 Å². The summed E-state index contributed by atoms with van der Waals surface area (Å²) in [5.41, 5.74) is 24.3. The van der Waals surface area contributed by atoms with Crippen LogP contribution >= 0.6 is 0 Å². The van der Waals surface area contributed by atoms with Crippen molar-refractivity contribution >= 4 is 17.1 Å². The first-order valence-corrected chi connectivity index (χ1v) is 25.1. The first kappa shape index (κ1) is 44.6. The Bertz CT molecular complexity index is 3360. The molecule has 12 rings (SSSR count). The molecule has 0 amide bonds. The van der Waals surface area contributed by atoms with E-state index in [4.69, 9.17) is 0 Å². The van der Waals surface area contributed by atoms with Crippen molar-refractivity contribution in [1.82, 2.24) is 0 Å². The van der Waals surface area contributed by atoms with Crippen molar-refractivity contribution in [2.45, 2.75) is 0 Å². The van der Waals surface area contributed by atoms with Crippen LogP contribution in [0.15, 0.2) is 309 Å². The minimum Gasteiger partial charge on any atom is -0.310 e. The zero-order valence-corrected chi connectivity index (χ0v) is 40.4. The molecule has 0 aliphatic rings. The third-order valence-corrected chi connectivity index (χ3v) is 13.9. The molecule has 0 saturated carbocycles. The van der Waals surface area contributed by atoms with Crippen LogP contribution < -0.4 is 4.90 Å². The number of nitrogens with zero attached hydrogens (tertiary/aromatic N) is 1. The summed E-state index contributed by atoms with van der Waals surface area (Å²) in [5.74, 6) is 0. The lowest BCUT2D eigenvalue weighted by Gasteiger charge is -2.29. The standard InChI is InChI=1S/C72H51N/c1-7-19-52(20-8-1)55-31-37-61(38-32-55)70-49-64(43-46-67(70)58-25-13-4-14-26-58)73(65-44-47-68(59-27-15-5-16-28-59)71(50-65)62-39-33-56(34-40-62)53-21-9-2-10-22-53)66-45-48-69(60-29-17-6-18-30-60)72(51-66)63-41-35-57(36-42-63)54-23-11-3-12-24-54/h1-51H. The van der Waals surface area contributed by atoms with Crippen molar-refractivity contribution in [2.24, 2.45) is 0 Å². The zero-order valence-electron chi connectivity index (χ0n) is 40.4. The molecule has 0 fully saturated rings. The summed E-state index contributed by atoms with van der Waals surface area (Å²) in [6.45, 7) is 0. The van der Waals surface area contributed by atoms with E-state index in [9.17, 15) is 0 Å². The number of hydrogen-bond donors (Lipinski definition) is 0. The van der Waals surface area contributed by atoms with E-state index in [2.05, 4.69) is 314 Å². The predicted octanol–water partition coefficient (Wildman–Crippen LogP) is 20.2. The fraction of sp³-hybridized carbons (Fsp3) is 0. The topological polar surface area (TPSA) is 3.24 Å². The van der Waals surface area contributed by atoms with Crippen LogP contribution in [0.1, 0.15) is 0 Å². The molecule has 0 heterocycles. The largest absolute Gasteiger partial charge is 0.310 e. The molecule has 0 radical (unpaired) electrons. The molecule has 0 spiro atoms. The molecular weight excluding hydrogens is 879 g/mol. The highest BCUT2D eigenvalue weighted by Crippen LogP contribution is 2.46. The maximum Gasteiger partial charge on any atom is 0.0468 e. The molecule has 344 valence electrons. The summed E-state index contributed by atoms with van der Waals surface area (Å²) in [7, 11) is 0. The van der Waals surface area contributed by atoms with Crippen LogP contribution in [0, 0.1) is 0 Å². The molecule has 1 nitrogen and oxygen atoms in total. The monoisotopic (exact) mass is 929 g/mol. The van der Waals surface area contributed by atoms with Crippen molar-refractivity contribution in [3.05, 3.63) is 309 Å². The van der Waals surface area contributed by atoms with Gasteiger partial charge >= 0.3 is 0 Å². The first-order valence-electron chi connectivity index (χ1n) is 25.1. The maximum atomic E-state index is 2.45. The van der Waals surface area contributed by atoms with Crippen LogP contribution in [0.25, 0.3) is 100 Å². The van der Waals surface area contributed by atoms with Gasteiger partial charge in [0, 0.05) is 17.1 Å². The van der Waals surface area contributed by atoms with E-state index in [1.807, 2.05) is 0 Å². The number of hydrogen-bond acceptors (Lipinski definition) is 1. The average Bonchev–Trinajstić information content (AvgIpc) is 3.48. The molecule has 0 aliphatic heterocycles. The molecule has 0 N–H and O–H groups in total. The molecule has 0 saturated heterocycles. The Hall–Kier alpha value is -9.56. The fourth-order valence-electron chi connectivity index (χ4n) is 10.2. The van der Waals surface area contributed by atoms with Gasteiger partial charge in [-0.25, -0.2) is 0 Å². The second kappa shape index (κ2) is 20.4. The van der Waals surface area contributed by atoms with Gasteiger partial charge < -0.3 is 4.90 Å². The Morgan fingerprint density at radius 2 is 0.315 bits per heavy atom. The Morgan fingerprint density at radius 3 is 0.548 bits per heavy atom. The van der Waals surface area contributed by atoms with Gasteiger partial charge in [0.25, 0.3) is 0 Å². The third kappa shape index (κ3) is 9.44. The predicted molar refractivity (Wildman–Crippen MR) is 310 cm³/mol. The average molecular weight is 930 g/mol. The van der Waals surface area contributed by atoms with Gasteiger partial charge in [0.1, 0.15) is 0 Å². The number of rotatable bonds is 12. The molecule has 0 aromatic heterocycles. The van der Waals surface area contributed by atoms with Crippen LogP contribution in [0.2, 0.25) is 0 Å². The summed E-state index contributed by atoms with van der Waals surface area (Å²) in [5, 5.41) is 0. The summed E-state index contributed by atoms with van der Waals surface area (Å²) < 4.78 is 0. The second-order valence-electron chi connectivity index (χ2n) is 18.5. The van der Waals surface area contributed by atoms with Gasteiger partial charge in [-0.2, -0.15) is 0 Å². The summed E-state index contributed by atoms with van der Waals surface area (Å²) >= 11 is 0. The second-order valence-corrected chi connectivity index (χ2v) is 18.5. The molecule has 0 bridgehead atoms. The van der Waals surface area contributed by atoms with Crippen molar-refractivity contribution < 1.29 is 0 Å². The van der Waals surface area contributed by atoms with Gasteiger partial charge in [0.2, 0.25) is 0 Å². The van der Waals surface area contributed by atoms with Crippen molar-refractivity contribution in [1.29, 1.82) is 0 Å². The van der Waals surface area contributed by atoms with E-state index in [0.29, 0.717) is 0 Å². The van der Waals surface area contributed by atoms with Crippen LogP contribution in [0.4, 0.5) is 17.1 Å². The Morgan fingerprint density at radius 1 is 0.137 bits per heavy atom. The van der Waals surface area contributed by atoms with Crippen LogP contribution in [-0.2, 0) is 0 Å². The van der Waals surface area contributed by atoms with E-state index in [1.54, 1.807) is 0 Å². The first-order chi connectivity index (χ1) is 36.2. The Kier molecular flexibility index (Phi) is 12.5. The van der Waals surface area contributed by atoms with Crippen molar-refractivity contribution in [2.75, 3.05) is 4.90 Å². The molecule has 12 aromatic carbocycles. The van der Waals surface area contributed by atoms with Crippen LogP contribution in [0.3, 0.4) is 0 Å². The van der Waals surface area contributed by atoms with Gasteiger partial charge in [-0.05, 0) is 137 Å². The smallest absolute Gasteiger partial charge is 0.0468 e.